The Morgan fingerprint density at radius 3 is 2.83 bits per heavy atom. The molecule has 1 aromatic carbocycles. The fourth-order valence-corrected chi connectivity index (χ4v) is 5.10. The van der Waals surface area contributed by atoms with Gasteiger partial charge in [0.1, 0.15) is 30.2 Å². The van der Waals surface area contributed by atoms with Crippen molar-refractivity contribution in [1.29, 1.82) is 0 Å². The summed E-state index contributed by atoms with van der Waals surface area (Å²) in [5.74, 6) is 0.951. The molecule has 0 unspecified atom stereocenters. The fourth-order valence-electron chi connectivity index (χ4n) is 4.87. The van der Waals surface area contributed by atoms with Gasteiger partial charge in [0.25, 0.3) is 0 Å². The maximum atomic E-state index is 12.7. The number of rotatable bonds is 8. The van der Waals surface area contributed by atoms with Gasteiger partial charge in [-0.2, -0.15) is 5.10 Å². The molecular weight excluding hydrogens is 528 g/mol. The number of pyridine rings is 1. The molecule has 0 saturated carbocycles. The van der Waals surface area contributed by atoms with E-state index in [1.807, 2.05) is 71.1 Å². The first kappa shape index (κ1) is 27.5. The molecule has 40 heavy (non-hydrogen) atoms. The van der Waals surface area contributed by atoms with Crippen molar-refractivity contribution in [2.45, 2.75) is 31.9 Å². The Kier molecular flexibility index (Phi) is 8.57. The lowest BCUT2D eigenvalue weighted by molar-refractivity contribution is -0.126. The van der Waals surface area contributed by atoms with E-state index in [1.54, 1.807) is 12.3 Å². The molecule has 0 aliphatic carbocycles. The molecule has 1 saturated heterocycles. The number of amides is 1. The number of likely N-dealkylation sites (tertiary alicyclic amines) is 1. The molecule has 0 radical (unpaired) electrons. The van der Waals surface area contributed by atoms with E-state index in [-0.39, 0.29) is 11.9 Å². The van der Waals surface area contributed by atoms with Crippen molar-refractivity contribution in [2.75, 3.05) is 39.5 Å². The Balaban J connectivity index is 1.38. The van der Waals surface area contributed by atoms with Crippen LogP contribution >= 0.6 is 11.6 Å². The lowest BCUT2D eigenvalue weighted by Crippen LogP contribution is -2.30. The van der Waals surface area contributed by atoms with E-state index < -0.39 is 0 Å². The second kappa shape index (κ2) is 12.4. The summed E-state index contributed by atoms with van der Waals surface area (Å²) in [6.45, 7) is 2.39. The molecule has 1 amide bonds. The molecule has 4 heterocycles. The van der Waals surface area contributed by atoms with Gasteiger partial charge in [0.2, 0.25) is 5.91 Å². The minimum atomic E-state index is 0.0417. The third kappa shape index (κ3) is 6.24. The summed E-state index contributed by atoms with van der Waals surface area (Å²) in [7, 11) is 3.95. The molecule has 1 aliphatic rings. The van der Waals surface area contributed by atoms with Crippen LogP contribution in [-0.4, -0.2) is 74.2 Å². The topological polar surface area (TPSA) is 115 Å². The van der Waals surface area contributed by atoms with Crippen LogP contribution in [-0.2, 0) is 11.4 Å². The quantitative estimate of drug-likeness (QED) is 0.316. The summed E-state index contributed by atoms with van der Waals surface area (Å²) >= 11 is 6.62. The van der Waals surface area contributed by atoms with Crippen molar-refractivity contribution < 1.29 is 9.53 Å². The molecule has 2 N–H and O–H groups in total. The van der Waals surface area contributed by atoms with Gasteiger partial charge in [0.05, 0.1) is 22.1 Å². The van der Waals surface area contributed by atoms with Crippen molar-refractivity contribution in [3.8, 4) is 17.0 Å². The van der Waals surface area contributed by atoms with E-state index in [4.69, 9.17) is 27.2 Å². The van der Waals surface area contributed by atoms with Crippen molar-refractivity contribution in [3.05, 3.63) is 71.8 Å². The van der Waals surface area contributed by atoms with Crippen LogP contribution in [0.2, 0.25) is 5.02 Å². The number of carbonyl (C=O) groups excluding carboxylic acids is 1. The number of benzene rings is 1. The third-order valence-corrected chi connectivity index (χ3v) is 7.21. The maximum Gasteiger partial charge on any atom is 0.246 e. The van der Waals surface area contributed by atoms with Crippen LogP contribution in [0.15, 0.2) is 61.1 Å². The molecule has 5 rings (SSSR count). The molecule has 11 heteroatoms. The number of nitrogens with zero attached hydrogens (tertiary/aromatic N) is 7. The fraction of sp³-hybridized carbons (Fsp3) is 0.345. The Hall–Kier alpha value is -4.02. The summed E-state index contributed by atoms with van der Waals surface area (Å²) in [6.07, 6.45) is 9.25. The average molecular weight is 561 g/mol. The highest BCUT2D eigenvalue weighted by molar-refractivity contribution is 6.32. The number of likely N-dealkylation sites (N-methyl/N-ethyl adjacent to an activating group) is 1. The van der Waals surface area contributed by atoms with Crippen molar-refractivity contribution in [1.82, 2.24) is 34.5 Å². The van der Waals surface area contributed by atoms with Crippen LogP contribution in [0.4, 0.5) is 5.82 Å². The number of carbonyl (C=O) groups is 1. The summed E-state index contributed by atoms with van der Waals surface area (Å²) in [4.78, 5) is 29.7. The summed E-state index contributed by atoms with van der Waals surface area (Å²) in [6, 6.07) is 11.3. The number of fused-ring (bicyclic) bond motifs is 1. The lowest BCUT2D eigenvalue weighted by atomic mass is 10.1. The SMILES string of the molecule is CN(C)C/C=C/C(=O)N1CCC[C@H](n2nc(-c3ccc(OCc4ccccn4)c(Cl)c3)c3c(N)ncnc32)CC1. The zero-order valence-electron chi connectivity index (χ0n) is 22.7. The lowest BCUT2D eigenvalue weighted by Gasteiger charge is -2.19. The molecule has 208 valence electrons. The van der Waals surface area contributed by atoms with Gasteiger partial charge in [-0.3, -0.25) is 9.78 Å². The number of nitrogens with two attached hydrogens (primary N) is 1. The Bertz CT molecular complexity index is 1500. The van der Waals surface area contributed by atoms with E-state index in [1.165, 1.54) is 6.33 Å². The Labute approximate surface area is 238 Å². The largest absolute Gasteiger partial charge is 0.486 e. The highest BCUT2D eigenvalue weighted by atomic mass is 35.5. The second-order valence-corrected chi connectivity index (χ2v) is 10.5. The summed E-state index contributed by atoms with van der Waals surface area (Å²) in [5, 5.41) is 6.13. The Morgan fingerprint density at radius 1 is 1.18 bits per heavy atom. The first-order valence-electron chi connectivity index (χ1n) is 13.3. The van der Waals surface area contributed by atoms with Gasteiger partial charge in [-0.1, -0.05) is 23.7 Å². The van der Waals surface area contributed by atoms with E-state index in [2.05, 4.69) is 15.0 Å². The van der Waals surface area contributed by atoms with E-state index in [0.717, 1.165) is 37.1 Å². The zero-order chi connectivity index (χ0) is 28.1. The van der Waals surface area contributed by atoms with E-state index in [0.29, 0.717) is 53.0 Å². The van der Waals surface area contributed by atoms with E-state index in [9.17, 15) is 4.79 Å². The van der Waals surface area contributed by atoms with Gasteiger partial charge in [0, 0.05) is 37.5 Å². The number of hydrogen-bond acceptors (Lipinski definition) is 8. The predicted molar refractivity (Wildman–Crippen MR) is 156 cm³/mol. The molecular formula is C29H33ClN8O2. The highest BCUT2D eigenvalue weighted by Gasteiger charge is 2.26. The van der Waals surface area contributed by atoms with Gasteiger partial charge in [-0.05, 0) is 63.7 Å². The molecule has 4 aromatic rings. The van der Waals surface area contributed by atoms with Crippen LogP contribution in [0, 0.1) is 0 Å². The Morgan fingerprint density at radius 2 is 2.05 bits per heavy atom. The molecule has 1 fully saturated rings. The van der Waals surface area contributed by atoms with Crippen molar-refractivity contribution in [2.24, 2.45) is 0 Å². The number of anilines is 1. The van der Waals surface area contributed by atoms with Crippen LogP contribution in [0.1, 0.15) is 31.0 Å². The molecule has 0 bridgehead atoms. The number of aromatic nitrogens is 5. The number of halogens is 1. The van der Waals surface area contributed by atoms with Crippen LogP contribution in [0.25, 0.3) is 22.3 Å². The number of ether oxygens (including phenoxy) is 1. The third-order valence-electron chi connectivity index (χ3n) is 6.91. The van der Waals surface area contributed by atoms with Gasteiger partial charge >= 0.3 is 0 Å². The summed E-state index contributed by atoms with van der Waals surface area (Å²) < 4.78 is 7.84. The molecule has 1 atom stereocenters. The van der Waals surface area contributed by atoms with Gasteiger partial charge in [-0.25, -0.2) is 14.6 Å². The normalized spacial score (nSPS) is 16.1. The van der Waals surface area contributed by atoms with Gasteiger partial charge in [0.15, 0.2) is 5.65 Å². The first-order valence-corrected chi connectivity index (χ1v) is 13.7. The molecule has 10 nitrogen and oxygen atoms in total. The van der Waals surface area contributed by atoms with Crippen LogP contribution < -0.4 is 10.5 Å². The smallest absolute Gasteiger partial charge is 0.246 e. The highest BCUT2D eigenvalue weighted by Crippen LogP contribution is 2.37. The minimum Gasteiger partial charge on any atom is -0.486 e. The number of hydrogen-bond donors (Lipinski definition) is 1. The van der Waals surface area contributed by atoms with Gasteiger partial charge < -0.3 is 20.3 Å². The van der Waals surface area contributed by atoms with E-state index >= 15 is 0 Å². The first-order chi connectivity index (χ1) is 19.4. The van der Waals surface area contributed by atoms with Gasteiger partial charge in [-0.15, -0.1) is 0 Å². The standard InChI is InChI=1S/C29H33ClN8O2/c1-36(2)14-6-9-25(39)37-15-5-8-22(12-16-37)38-29-26(28(31)33-19-34-29)27(35-38)20-10-11-24(23(30)17-20)40-18-21-7-3-4-13-32-21/h3-4,6-7,9-11,13,17,19,22H,5,8,12,14-16,18H2,1-2H3,(H2,31,33,34)/b9-6+/t22-/m0/s1. The molecule has 1 aliphatic heterocycles. The van der Waals surface area contributed by atoms with Crippen LogP contribution in [0.5, 0.6) is 5.75 Å². The van der Waals surface area contributed by atoms with Crippen molar-refractivity contribution >= 4 is 34.4 Å². The molecule has 3 aromatic heterocycles. The molecule has 0 spiro atoms. The minimum absolute atomic E-state index is 0.0417. The monoisotopic (exact) mass is 560 g/mol. The second-order valence-electron chi connectivity index (χ2n) is 10.1. The average Bonchev–Trinajstić information content (AvgIpc) is 3.17. The maximum absolute atomic E-state index is 12.7. The summed E-state index contributed by atoms with van der Waals surface area (Å²) in [5.41, 5.74) is 9.28. The van der Waals surface area contributed by atoms with Crippen LogP contribution in [0.3, 0.4) is 0 Å². The number of nitrogen functional groups attached to an aromatic ring is 1. The predicted octanol–water partition coefficient (Wildman–Crippen LogP) is 4.37. The zero-order valence-corrected chi connectivity index (χ0v) is 23.5. The van der Waals surface area contributed by atoms with Crippen molar-refractivity contribution in [3.63, 3.8) is 0 Å².